The molecule has 1 aliphatic carbocycles. The molecular formula is C18H22BrN3O2. The number of nitrogens with one attached hydrogen (secondary N) is 2. The maximum Gasteiger partial charge on any atom is 0.252 e. The Morgan fingerprint density at radius 2 is 2.08 bits per heavy atom. The number of H-pyrrole nitrogens is 1. The van der Waals surface area contributed by atoms with Crippen LogP contribution in [0, 0.1) is 5.92 Å². The van der Waals surface area contributed by atoms with Crippen LogP contribution in [-0.2, 0) is 0 Å². The van der Waals surface area contributed by atoms with Crippen molar-refractivity contribution < 1.29 is 4.79 Å². The summed E-state index contributed by atoms with van der Waals surface area (Å²) >= 11 is 3.42. The van der Waals surface area contributed by atoms with Crippen molar-refractivity contribution in [1.82, 2.24) is 10.3 Å². The molecule has 0 bridgehead atoms. The van der Waals surface area contributed by atoms with Crippen molar-refractivity contribution >= 4 is 32.7 Å². The highest BCUT2D eigenvalue weighted by Gasteiger charge is 2.25. The maximum absolute atomic E-state index is 12.8. The number of hydrogen-bond acceptors (Lipinski definition) is 3. The van der Waals surface area contributed by atoms with Crippen molar-refractivity contribution in [2.45, 2.75) is 38.1 Å². The van der Waals surface area contributed by atoms with Gasteiger partial charge in [0.25, 0.3) is 5.91 Å². The summed E-state index contributed by atoms with van der Waals surface area (Å²) < 4.78 is 0.759. The predicted molar refractivity (Wildman–Crippen MR) is 99.2 cm³/mol. The topological polar surface area (TPSA) is 88.0 Å². The Hall–Kier alpha value is -1.66. The average Bonchev–Trinajstić information content (AvgIpc) is 2.60. The third-order valence-electron chi connectivity index (χ3n) is 4.86. The van der Waals surface area contributed by atoms with Crippen LogP contribution in [-0.4, -0.2) is 23.5 Å². The first-order valence-electron chi connectivity index (χ1n) is 8.42. The number of rotatable bonds is 4. The summed E-state index contributed by atoms with van der Waals surface area (Å²) in [6, 6.07) is 6.84. The number of para-hydroxylation sites is 1. The van der Waals surface area contributed by atoms with Gasteiger partial charge >= 0.3 is 0 Å². The van der Waals surface area contributed by atoms with Crippen LogP contribution in [0.15, 0.2) is 33.5 Å². The molecule has 3 rings (SSSR count). The van der Waals surface area contributed by atoms with E-state index < -0.39 is 0 Å². The normalized spacial score (nSPS) is 16.9. The van der Waals surface area contributed by atoms with E-state index in [1.54, 1.807) is 0 Å². The number of halogens is 1. The number of carbonyl (C=O) groups excluding carboxylic acids is 1. The maximum atomic E-state index is 12.8. The van der Waals surface area contributed by atoms with Crippen LogP contribution < -0.4 is 16.6 Å². The molecule has 0 saturated heterocycles. The van der Waals surface area contributed by atoms with E-state index >= 15 is 0 Å². The number of amides is 1. The van der Waals surface area contributed by atoms with Gasteiger partial charge in [0.1, 0.15) is 0 Å². The minimum atomic E-state index is -0.290. The van der Waals surface area contributed by atoms with Gasteiger partial charge < -0.3 is 16.0 Å². The lowest BCUT2D eigenvalue weighted by molar-refractivity contribution is 0.0917. The van der Waals surface area contributed by atoms with Crippen molar-refractivity contribution in [2.24, 2.45) is 11.7 Å². The van der Waals surface area contributed by atoms with Crippen LogP contribution in [0.1, 0.15) is 42.5 Å². The molecule has 5 nitrogen and oxygen atoms in total. The zero-order valence-corrected chi connectivity index (χ0v) is 15.1. The molecule has 1 heterocycles. The quantitative estimate of drug-likeness (QED) is 0.748. The second kappa shape index (κ2) is 7.49. The average molecular weight is 392 g/mol. The SMILES string of the molecule is NCC(NC(=O)c1cc(=O)[nH]c2c(Br)cccc12)C1CCCCC1. The van der Waals surface area contributed by atoms with Crippen LogP contribution >= 0.6 is 15.9 Å². The molecule has 0 spiro atoms. The highest BCUT2D eigenvalue weighted by molar-refractivity contribution is 9.10. The zero-order chi connectivity index (χ0) is 17.1. The van der Waals surface area contributed by atoms with E-state index in [1.165, 1.54) is 25.3 Å². The van der Waals surface area contributed by atoms with E-state index in [-0.39, 0.29) is 17.5 Å². The van der Waals surface area contributed by atoms with Crippen LogP contribution in [0.3, 0.4) is 0 Å². The van der Waals surface area contributed by atoms with Crippen LogP contribution in [0.5, 0.6) is 0 Å². The Balaban J connectivity index is 1.90. The molecule has 1 aromatic carbocycles. The second-order valence-electron chi connectivity index (χ2n) is 6.42. The molecule has 24 heavy (non-hydrogen) atoms. The highest BCUT2D eigenvalue weighted by Crippen LogP contribution is 2.27. The van der Waals surface area contributed by atoms with Crippen LogP contribution in [0.4, 0.5) is 0 Å². The Morgan fingerprint density at radius 3 is 2.79 bits per heavy atom. The Bertz CT molecular complexity index is 796. The van der Waals surface area contributed by atoms with Gasteiger partial charge in [-0.15, -0.1) is 0 Å². The molecule has 0 radical (unpaired) electrons. The Morgan fingerprint density at radius 1 is 1.33 bits per heavy atom. The number of aromatic amines is 1. The van der Waals surface area contributed by atoms with Gasteiger partial charge in [0, 0.05) is 28.5 Å². The van der Waals surface area contributed by atoms with Crippen molar-refractivity contribution in [2.75, 3.05) is 6.54 Å². The number of hydrogen-bond donors (Lipinski definition) is 3. The number of nitrogens with two attached hydrogens (primary N) is 1. The predicted octanol–water partition coefficient (Wildman–Crippen LogP) is 2.93. The highest BCUT2D eigenvalue weighted by atomic mass is 79.9. The fourth-order valence-corrected chi connectivity index (χ4v) is 4.05. The molecule has 1 atom stereocenters. The third kappa shape index (κ3) is 3.54. The van der Waals surface area contributed by atoms with Crippen molar-refractivity contribution in [3.8, 4) is 0 Å². The van der Waals surface area contributed by atoms with Gasteiger partial charge in [0.2, 0.25) is 5.56 Å². The number of aromatic nitrogens is 1. The summed E-state index contributed by atoms with van der Waals surface area (Å²) in [7, 11) is 0. The summed E-state index contributed by atoms with van der Waals surface area (Å²) in [6.45, 7) is 0.418. The lowest BCUT2D eigenvalue weighted by Gasteiger charge is -2.30. The Kier molecular flexibility index (Phi) is 5.36. The molecule has 6 heteroatoms. The largest absolute Gasteiger partial charge is 0.348 e. The van der Waals surface area contributed by atoms with E-state index in [9.17, 15) is 9.59 Å². The third-order valence-corrected chi connectivity index (χ3v) is 5.52. The van der Waals surface area contributed by atoms with E-state index in [0.29, 0.717) is 23.5 Å². The molecule has 1 fully saturated rings. The number of carbonyl (C=O) groups is 1. The van der Waals surface area contributed by atoms with Gasteiger partial charge in [-0.05, 0) is 40.8 Å². The van der Waals surface area contributed by atoms with Gasteiger partial charge in [-0.3, -0.25) is 9.59 Å². The molecular weight excluding hydrogens is 370 g/mol. The standard InChI is InChI=1S/C18H22BrN3O2/c19-14-8-4-7-12-13(9-16(23)22-17(12)14)18(24)21-15(10-20)11-5-2-1-3-6-11/h4,7-9,11,15H,1-3,5-6,10,20H2,(H,21,24)(H,22,23). The van der Waals surface area contributed by atoms with E-state index in [1.807, 2.05) is 18.2 Å². The molecule has 2 aromatic rings. The van der Waals surface area contributed by atoms with Gasteiger partial charge in [-0.2, -0.15) is 0 Å². The molecule has 4 N–H and O–H groups in total. The van der Waals surface area contributed by atoms with Gasteiger partial charge in [-0.25, -0.2) is 0 Å². The first-order valence-corrected chi connectivity index (χ1v) is 9.22. The molecule has 0 aliphatic heterocycles. The lowest BCUT2D eigenvalue weighted by Crippen LogP contribution is -2.46. The number of benzene rings is 1. The van der Waals surface area contributed by atoms with E-state index in [2.05, 4.69) is 26.2 Å². The van der Waals surface area contributed by atoms with Crippen LogP contribution in [0.2, 0.25) is 0 Å². The fourth-order valence-electron chi connectivity index (χ4n) is 3.58. The summed E-state index contributed by atoms with van der Waals surface area (Å²) in [5.74, 6) is 0.193. The first-order chi connectivity index (χ1) is 11.6. The lowest BCUT2D eigenvalue weighted by atomic mass is 9.84. The van der Waals surface area contributed by atoms with Crippen molar-refractivity contribution in [3.63, 3.8) is 0 Å². The number of pyridine rings is 1. The fraction of sp³-hybridized carbons (Fsp3) is 0.444. The Labute approximate surface area is 149 Å². The second-order valence-corrected chi connectivity index (χ2v) is 7.28. The van der Waals surface area contributed by atoms with E-state index in [4.69, 9.17) is 5.73 Å². The molecule has 1 saturated carbocycles. The van der Waals surface area contributed by atoms with Crippen LogP contribution in [0.25, 0.3) is 10.9 Å². The summed E-state index contributed by atoms with van der Waals surface area (Å²) in [5.41, 5.74) is 6.65. The van der Waals surface area contributed by atoms with Gasteiger partial charge in [0.15, 0.2) is 0 Å². The molecule has 128 valence electrons. The monoisotopic (exact) mass is 391 g/mol. The zero-order valence-electron chi connectivity index (χ0n) is 13.5. The van der Waals surface area contributed by atoms with Crippen molar-refractivity contribution in [3.05, 3.63) is 44.7 Å². The summed E-state index contributed by atoms with van der Waals surface area (Å²) in [5, 5.41) is 3.78. The first kappa shape index (κ1) is 17.2. The summed E-state index contributed by atoms with van der Waals surface area (Å²) in [4.78, 5) is 27.5. The van der Waals surface area contributed by atoms with E-state index in [0.717, 1.165) is 22.7 Å². The molecule has 1 aliphatic rings. The van der Waals surface area contributed by atoms with Gasteiger partial charge in [0.05, 0.1) is 11.1 Å². The minimum absolute atomic E-state index is 0.0423. The summed E-state index contributed by atoms with van der Waals surface area (Å²) in [6.07, 6.45) is 5.85. The number of fused-ring (bicyclic) bond motifs is 1. The molecule has 1 aromatic heterocycles. The smallest absolute Gasteiger partial charge is 0.252 e. The molecule has 1 unspecified atom stereocenters. The van der Waals surface area contributed by atoms with Gasteiger partial charge in [-0.1, -0.05) is 31.4 Å². The molecule has 1 amide bonds. The minimum Gasteiger partial charge on any atom is -0.348 e. The van der Waals surface area contributed by atoms with Crippen molar-refractivity contribution in [1.29, 1.82) is 0 Å².